The molecular weight excluding hydrogens is 262 g/mol. The molecule has 21 heavy (non-hydrogen) atoms. The van der Waals surface area contributed by atoms with Crippen LogP contribution < -0.4 is 5.32 Å². The Labute approximate surface area is 124 Å². The van der Waals surface area contributed by atoms with Gasteiger partial charge in [0.15, 0.2) is 0 Å². The van der Waals surface area contributed by atoms with E-state index in [1.165, 1.54) is 5.69 Å². The molecule has 2 aromatic heterocycles. The first-order valence-electron chi connectivity index (χ1n) is 7.05. The van der Waals surface area contributed by atoms with Gasteiger partial charge in [0, 0.05) is 25.5 Å². The maximum Gasteiger partial charge on any atom is 0.0998 e. The summed E-state index contributed by atoms with van der Waals surface area (Å²) >= 11 is 0. The number of rotatable bonds is 5. The van der Waals surface area contributed by atoms with E-state index in [1.54, 1.807) is 4.68 Å². The molecular formula is C16H19N5. The smallest absolute Gasteiger partial charge is 0.0998 e. The van der Waals surface area contributed by atoms with Crippen molar-refractivity contribution in [3.8, 4) is 5.69 Å². The van der Waals surface area contributed by atoms with E-state index in [4.69, 9.17) is 0 Å². The van der Waals surface area contributed by atoms with Gasteiger partial charge in [0.25, 0.3) is 0 Å². The summed E-state index contributed by atoms with van der Waals surface area (Å²) in [6.07, 6.45) is 4.02. The number of hydrogen-bond acceptors (Lipinski definition) is 3. The van der Waals surface area contributed by atoms with E-state index < -0.39 is 0 Å². The molecule has 0 amide bonds. The van der Waals surface area contributed by atoms with Gasteiger partial charge in [-0.2, -0.15) is 0 Å². The lowest BCUT2D eigenvalue weighted by atomic mass is 10.2. The summed E-state index contributed by atoms with van der Waals surface area (Å²) < 4.78 is 3.91. The van der Waals surface area contributed by atoms with Crippen LogP contribution in [0.25, 0.3) is 5.69 Å². The molecule has 3 aromatic rings. The minimum Gasteiger partial charge on any atom is -0.353 e. The van der Waals surface area contributed by atoms with E-state index in [-0.39, 0.29) is 6.04 Å². The van der Waals surface area contributed by atoms with Crippen molar-refractivity contribution >= 4 is 0 Å². The Morgan fingerprint density at radius 2 is 1.95 bits per heavy atom. The van der Waals surface area contributed by atoms with Crippen LogP contribution in [-0.2, 0) is 13.6 Å². The third kappa shape index (κ3) is 3.03. The van der Waals surface area contributed by atoms with Gasteiger partial charge in [-0.3, -0.25) is 0 Å². The molecule has 5 nitrogen and oxygen atoms in total. The number of benzene rings is 1. The molecule has 108 valence electrons. The molecule has 3 rings (SSSR count). The number of hydrogen-bond donors (Lipinski definition) is 1. The predicted molar refractivity (Wildman–Crippen MR) is 82.0 cm³/mol. The zero-order valence-corrected chi connectivity index (χ0v) is 12.3. The molecule has 0 fully saturated rings. The Kier molecular flexibility index (Phi) is 3.83. The number of nitrogens with one attached hydrogen (secondary N) is 1. The zero-order chi connectivity index (χ0) is 14.7. The molecule has 5 heteroatoms. The van der Waals surface area contributed by atoms with E-state index in [9.17, 15) is 0 Å². The van der Waals surface area contributed by atoms with E-state index in [2.05, 4.69) is 33.2 Å². The van der Waals surface area contributed by atoms with Crippen molar-refractivity contribution in [1.82, 2.24) is 24.9 Å². The lowest BCUT2D eigenvalue weighted by molar-refractivity contribution is 0.545. The maximum atomic E-state index is 4.26. The molecule has 0 saturated heterocycles. The first-order chi connectivity index (χ1) is 10.2. The van der Waals surface area contributed by atoms with Gasteiger partial charge in [0.1, 0.15) is 0 Å². The fourth-order valence-corrected chi connectivity index (χ4v) is 2.22. The largest absolute Gasteiger partial charge is 0.353 e. The standard InChI is InChI=1S/C16H19N5/c1-13(17-11-15-9-6-10-20(15)2)16-12-21(19-18-16)14-7-4-3-5-8-14/h3-10,12-13,17H,11H2,1-2H3/t13-/m1/s1. The predicted octanol–water partition coefficient (Wildman–Crippen LogP) is 2.46. The summed E-state index contributed by atoms with van der Waals surface area (Å²) in [5.74, 6) is 0. The Bertz CT molecular complexity index is 698. The normalized spacial score (nSPS) is 12.5. The van der Waals surface area contributed by atoms with Gasteiger partial charge in [-0.25, -0.2) is 4.68 Å². The van der Waals surface area contributed by atoms with E-state index in [0.29, 0.717) is 0 Å². The molecule has 1 aromatic carbocycles. The third-order valence-corrected chi connectivity index (χ3v) is 3.62. The lowest BCUT2D eigenvalue weighted by Crippen LogP contribution is -2.19. The van der Waals surface area contributed by atoms with Crippen LogP contribution in [0.5, 0.6) is 0 Å². The van der Waals surface area contributed by atoms with Crippen molar-refractivity contribution in [2.24, 2.45) is 7.05 Å². The van der Waals surface area contributed by atoms with Crippen LogP contribution in [-0.4, -0.2) is 19.6 Å². The Hall–Kier alpha value is -2.40. The molecule has 2 heterocycles. The summed E-state index contributed by atoms with van der Waals surface area (Å²) in [5.41, 5.74) is 3.20. The van der Waals surface area contributed by atoms with Crippen LogP contribution in [0.15, 0.2) is 54.9 Å². The van der Waals surface area contributed by atoms with E-state index in [0.717, 1.165) is 17.9 Å². The summed E-state index contributed by atoms with van der Waals surface area (Å²) in [6.45, 7) is 2.91. The number of aryl methyl sites for hydroxylation is 1. The first-order valence-corrected chi connectivity index (χ1v) is 7.05. The van der Waals surface area contributed by atoms with E-state index >= 15 is 0 Å². The molecule has 0 aliphatic rings. The SMILES string of the molecule is C[C@@H](NCc1cccn1C)c1cn(-c2ccccc2)nn1. The van der Waals surface area contributed by atoms with Crippen molar-refractivity contribution in [2.75, 3.05) is 0 Å². The second-order valence-corrected chi connectivity index (χ2v) is 5.14. The average molecular weight is 281 g/mol. The highest BCUT2D eigenvalue weighted by Gasteiger charge is 2.10. The van der Waals surface area contributed by atoms with Gasteiger partial charge in [0.05, 0.1) is 23.6 Å². The monoisotopic (exact) mass is 281 g/mol. The summed E-state index contributed by atoms with van der Waals surface area (Å²) in [5, 5.41) is 11.9. The third-order valence-electron chi connectivity index (χ3n) is 3.62. The summed E-state index contributed by atoms with van der Waals surface area (Å²) in [6, 6.07) is 14.3. The van der Waals surface area contributed by atoms with Crippen LogP contribution in [0.3, 0.4) is 0 Å². The molecule has 0 unspecified atom stereocenters. The Morgan fingerprint density at radius 1 is 1.14 bits per heavy atom. The molecule has 0 radical (unpaired) electrons. The van der Waals surface area contributed by atoms with Gasteiger partial charge in [-0.05, 0) is 31.2 Å². The van der Waals surface area contributed by atoms with Crippen molar-refractivity contribution in [3.63, 3.8) is 0 Å². The van der Waals surface area contributed by atoms with Crippen molar-refractivity contribution < 1.29 is 0 Å². The van der Waals surface area contributed by atoms with Crippen LogP contribution in [0.1, 0.15) is 24.4 Å². The Balaban J connectivity index is 1.67. The molecule has 0 spiro atoms. The van der Waals surface area contributed by atoms with Gasteiger partial charge in [-0.15, -0.1) is 5.10 Å². The topological polar surface area (TPSA) is 47.7 Å². The number of nitrogens with zero attached hydrogens (tertiary/aromatic N) is 4. The highest BCUT2D eigenvalue weighted by molar-refractivity contribution is 5.30. The minimum absolute atomic E-state index is 0.150. The molecule has 0 aliphatic heterocycles. The highest BCUT2D eigenvalue weighted by Crippen LogP contribution is 2.12. The van der Waals surface area contributed by atoms with Crippen LogP contribution >= 0.6 is 0 Å². The van der Waals surface area contributed by atoms with Crippen molar-refractivity contribution in [1.29, 1.82) is 0 Å². The lowest BCUT2D eigenvalue weighted by Gasteiger charge is -2.11. The van der Waals surface area contributed by atoms with Gasteiger partial charge in [-0.1, -0.05) is 23.4 Å². The van der Waals surface area contributed by atoms with Gasteiger partial charge in [0.2, 0.25) is 0 Å². The highest BCUT2D eigenvalue weighted by atomic mass is 15.4. The number of para-hydroxylation sites is 1. The fraction of sp³-hybridized carbons (Fsp3) is 0.250. The fourth-order valence-electron chi connectivity index (χ4n) is 2.22. The quantitative estimate of drug-likeness (QED) is 0.781. The van der Waals surface area contributed by atoms with Crippen molar-refractivity contribution in [2.45, 2.75) is 19.5 Å². The van der Waals surface area contributed by atoms with Gasteiger partial charge >= 0.3 is 0 Å². The number of aromatic nitrogens is 4. The molecule has 0 aliphatic carbocycles. The van der Waals surface area contributed by atoms with Crippen LogP contribution in [0.2, 0.25) is 0 Å². The minimum atomic E-state index is 0.150. The van der Waals surface area contributed by atoms with E-state index in [1.807, 2.05) is 55.8 Å². The molecule has 0 saturated carbocycles. The average Bonchev–Trinajstić information content (AvgIpc) is 3.15. The van der Waals surface area contributed by atoms with Crippen molar-refractivity contribution in [3.05, 3.63) is 66.2 Å². The van der Waals surface area contributed by atoms with Crippen LogP contribution in [0, 0.1) is 0 Å². The zero-order valence-electron chi connectivity index (χ0n) is 12.3. The first kappa shape index (κ1) is 13.6. The van der Waals surface area contributed by atoms with Gasteiger partial charge < -0.3 is 9.88 Å². The second-order valence-electron chi connectivity index (χ2n) is 5.14. The molecule has 0 bridgehead atoms. The Morgan fingerprint density at radius 3 is 2.67 bits per heavy atom. The second kappa shape index (κ2) is 5.93. The summed E-state index contributed by atoms with van der Waals surface area (Å²) in [4.78, 5) is 0. The molecule has 1 N–H and O–H groups in total. The summed E-state index contributed by atoms with van der Waals surface area (Å²) in [7, 11) is 2.05. The van der Waals surface area contributed by atoms with Crippen LogP contribution in [0.4, 0.5) is 0 Å². The maximum absolute atomic E-state index is 4.26. The molecule has 1 atom stereocenters.